The fourth-order valence-corrected chi connectivity index (χ4v) is 9.50. The van der Waals surface area contributed by atoms with Crippen molar-refractivity contribution >= 4 is 17.9 Å². The van der Waals surface area contributed by atoms with Crippen molar-refractivity contribution in [2.45, 2.75) is 354 Å². The van der Waals surface area contributed by atoms with Crippen molar-refractivity contribution in [3.63, 3.8) is 0 Å². The summed E-state index contributed by atoms with van der Waals surface area (Å²) in [6.45, 7) is 6.68. The van der Waals surface area contributed by atoms with Crippen LogP contribution in [0.3, 0.4) is 0 Å². The van der Waals surface area contributed by atoms with Gasteiger partial charge >= 0.3 is 17.9 Å². The van der Waals surface area contributed by atoms with Crippen molar-refractivity contribution < 1.29 is 28.6 Å². The minimum atomic E-state index is -0.768. The van der Waals surface area contributed by atoms with Gasteiger partial charge in [-0.05, 0) is 44.9 Å². The normalized spacial score (nSPS) is 12.1. The van der Waals surface area contributed by atoms with Crippen molar-refractivity contribution in [2.24, 2.45) is 0 Å². The molecule has 0 bridgehead atoms. The molecule has 6 heteroatoms. The maximum Gasteiger partial charge on any atom is 0.306 e. The van der Waals surface area contributed by atoms with Crippen molar-refractivity contribution in [1.29, 1.82) is 0 Å². The van der Waals surface area contributed by atoms with E-state index in [1.165, 1.54) is 250 Å². The van der Waals surface area contributed by atoms with Gasteiger partial charge in [0.15, 0.2) is 6.10 Å². The van der Waals surface area contributed by atoms with Crippen LogP contribution >= 0.6 is 0 Å². The van der Waals surface area contributed by atoms with E-state index in [4.69, 9.17) is 14.2 Å². The predicted octanol–water partition coefficient (Wildman–Crippen LogP) is 21.1. The standard InChI is InChI=1S/C64H120O6/c1-4-7-10-13-16-19-22-25-28-30-32-34-36-39-42-45-48-51-54-57-63(66)69-60-61(59-68-62(65)56-53-50-47-44-41-38-27-24-21-18-15-12-9-6-3)70-64(67)58-55-52-49-46-43-40-37-35-33-31-29-26-23-20-17-14-11-8-5-2/h16,19,22,25,61H,4-15,17-18,20-21,23-24,26-60H2,1-3H3/b19-16-,25-22-. The Labute approximate surface area is 436 Å². The summed E-state index contributed by atoms with van der Waals surface area (Å²) in [7, 11) is 0. The smallest absolute Gasteiger partial charge is 0.306 e. The molecule has 0 aliphatic rings. The molecule has 6 nitrogen and oxygen atoms in total. The third kappa shape index (κ3) is 56.8. The van der Waals surface area contributed by atoms with Gasteiger partial charge in [-0.25, -0.2) is 0 Å². The maximum atomic E-state index is 12.9. The minimum Gasteiger partial charge on any atom is -0.462 e. The molecule has 0 aliphatic carbocycles. The average molecular weight is 986 g/mol. The highest BCUT2D eigenvalue weighted by molar-refractivity contribution is 5.71. The Bertz CT molecular complexity index is 1130. The number of hydrogen-bond donors (Lipinski definition) is 0. The Kier molecular flexibility index (Phi) is 57.7. The van der Waals surface area contributed by atoms with Gasteiger partial charge in [0.05, 0.1) is 0 Å². The first-order valence-corrected chi connectivity index (χ1v) is 31.4. The number of carbonyl (C=O) groups is 3. The zero-order valence-corrected chi connectivity index (χ0v) is 47.3. The van der Waals surface area contributed by atoms with E-state index < -0.39 is 6.10 Å². The summed E-state index contributed by atoms with van der Waals surface area (Å²) in [6.07, 6.45) is 70.3. The topological polar surface area (TPSA) is 78.9 Å². The van der Waals surface area contributed by atoms with Gasteiger partial charge < -0.3 is 14.2 Å². The van der Waals surface area contributed by atoms with Crippen LogP contribution in [0.25, 0.3) is 0 Å². The highest BCUT2D eigenvalue weighted by Crippen LogP contribution is 2.18. The monoisotopic (exact) mass is 985 g/mol. The number of unbranched alkanes of at least 4 members (excludes halogenated alkanes) is 44. The lowest BCUT2D eigenvalue weighted by Gasteiger charge is -2.18. The van der Waals surface area contributed by atoms with Crippen LogP contribution in [0.2, 0.25) is 0 Å². The molecule has 0 rings (SSSR count). The lowest BCUT2D eigenvalue weighted by molar-refractivity contribution is -0.167. The first-order chi connectivity index (χ1) is 34.5. The van der Waals surface area contributed by atoms with Crippen LogP contribution in [0.1, 0.15) is 348 Å². The first-order valence-electron chi connectivity index (χ1n) is 31.4. The second kappa shape index (κ2) is 59.5. The molecule has 0 aliphatic heterocycles. The van der Waals surface area contributed by atoms with Gasteiger partial charge in [0.2, 0.25) is 0 Å². The fraction of sp³-hybridized carbons (Fsp3) is 0.891. The molecule has 0 saturated heterocycles. The first kappa shape index (κ1) is 67.9. The van der Waals surface area contributed by atoms with E-state index in [2.05, 4.69) is 45.1 Å². The highest BCUT2D eigenvalue weighted by Gasteiger charge is 2.19. The quantitative estimate of drug-likeness (QED) is 0.0261. The van der Waals surface area contributed by atoms with E-state index in [1.54, 1.807) is 0 Å². The SMILES string of the molecule is CCCCC/C=C\C=C/CCCCCCCCCCCCC(=O)OCC(COC(=O)CCCCCCCCCCCCCCCC)OC(=O)CCCCCCCCCCCCCCCCCCCCC. The van der Waals surface area contributed by atoms with Gasteiger partial charge in [0.25, 0.3) is 0 Å². The molecule has 1 atom stereocenters. The Balaban J connectivity index is 4.30. The van der Waals surface area contributed by atoms with E-state index >= 15 is 0 Å². The molecular weight excluding hydrogens is 865 g/mol. The summed E-state index contributed by atoms with van der Waals surface area (Å²) in [6, 6.07) is 0. The third-order valence-electron chi connectivity index (χ3n) is 14.2. The molecule has 0 fully saturated rings. The summed E-state index contributed by atoms with van der Waals surface area (Å²) >= 11 is 0. The molecule has 0 radical (unpaired) electrons. The van der Waals surface area contributed by atoms with Crippen molar-refractivity contribution in [3.05, 3.63) is 24.3 Å². The Morgan fingerprint density at radius 3 is 0.786 bits per heavy atom. The van der Waals surface area contributed by atoms with Crippen LogP contribution in [-0.2, 0) is 28.6 Å². The van der Waals surface area contributed by atoms with Crippen LogP contribution in [0.5, 0.6) is 0 Å². The van der Waals surface area contributed by atoms with Gasteiger partial charge in [0, 0.05) is 19.3 Å². The molecule has 1 unspecified atom stereocenters. The molecule has 0 saturated carbocycles. The van der Waals surface area contributed by atoms with Gasteiger partial charge in [-0.1, -0.05) is 308 Å². The molecular formula is C64H120O6. The summed E-state index contributed by atoms with van der Waals surface area (Å²) in [5.74, 6) is -0.842. The Morgan fingerprint density at radius 2 is 0.500 bits per heavy atom. The minimum absolute atomic E-state index is 0.0659. The average Bonchev–Trinajstić information content (AvgIpc) is 3.36. The van der Waals surface area contributed by atoms with Gasteiger partial charge in [-0.15, -0.1) is 0 Å². The van der Waals surface area contributed by atoms with E-state index in [1.807, 2.05) is 0 Å². The molecule has 0 aromatic rings. The van der Waals surface area contributed by atoms with Crippen LogP contribution in [-0.4, -0.2) is 37.2 Å². The number of rotatable bonds is 58. The van der Waals surface area contributed by atoms with Gasteiger partial charge in [0.1, 0.15) is 13.2 Å². The number of allylic oxidation sites excluding steroid dienone is 4. The molecule has 0 amide bonds. The van der Waals surface area contributed by atoms with E-state index in [-0.39, 0.29) is 31.1 Å². The highest BCUT2D eigenvalue weighted by atomic mass is 16.6. The third-order valence-corrected chi connectivity index (χ3v) is 14.2. The molecule has 0 N–H and O–H groups in total. The number of esters is 3. The number of ether oxygens (including phenoxy) is 3. The lowest BCUT2D eigenvalue weighted by Crippen LogP contribution is -2.30. The summed E-state index contributed by atoms with van der Waals surface area (Å²) in [5, 5.41) is 0. The van der Waals surface area contributed by atoms with E-state index in [0.29, 0.717) is 19.3 Å². The summed E-state index contributed by atoms with van der Waals surface area (Å²) < 4.78 is 16.9. The summed E-state index contributed by atoms with van der Waals surface area (Å²) in [5.41, 5.74) is 0. The second-order valence-electron chi connectivity index (χ2n) is 21.4. The largest absolute Gasteiger partial charge is 0.462 e. The fourth-order valence-electron chi connectivity index (χ4n) is 9.50. The van der Waals surface area contributed by atoms with Crippen molar-refractivity contribution in [1.82, 2.24) is 0 Å². The molecule has 0 aromatic carbocycles. The lowest BCUT2D eigenvalue weighted by atomic mass is 10.0. The van der Waals surface area contributed by atoms with E-state index in [9.17, 15) is 14.4 Å². The van der Waals surface area contributed by atoms with E-state index in [0.717, 1.165) is 57.8 Å². The van der Waals surface area contributed by atoms with Crippen LogP contribution in [0.4, 0.5) is 0 Å². The Morgan fingerprint density at radius 1 is 0.286 bits per heavy atom. The molecule has 0 heterocycles. The summed E-state index contributed by atoms with van der Waals surface area (Å²) in [4.78, 5) is 38.3. The van der Waals surface area contributed by atoms with Gasteiger partial charge in [-0.3, -0.25) is 14.4 Å². The van der Waals surface area contributed by atoms with Crippen molar-refractivity contribution in [3.8, 4) is 0 Å². The van der Waals surface area contributed by atoms with Crippen molar-refractivity contribution in [2.75, 3.05) is 13.2 Å². The number of carbonyl (C=O) groups excluding carboxylic acids is 3. The molecule has 70 heavy (non-hydrogen) atoms. The Hall–Kier alpha value is -2.11. The van der Waals surface area contributed by atoms with Crippen LogP contribution in [0, 0.1) is 0 Å². The molecule has 412 valence electrons. The van der Waals surface area contributed by atoms with Gasteiger partial charge in [-0.2, -0.15) is 0 Å². The number of hydrogen-bond acceptors (Lipinski definition) is 6. The molecule has 0 spiro atoms. The van der Waals surface area contributed by atoms with Crippen LogP contribution < -0.4 is 0 Å². The van der Waals surface area contributed by atoms with Crippen LogP contribution in [0.15, 0.2) is 24.3 Å². The second-order valence-corrected chi connectivity index (χ2v) is 21.4. The maximum absolute atomic E-state index is 12.9. The molecule has 0 aromatic heterocycles. The zero-order chi connectivity index (χ0) is 50.7. The zero-order valence-electron chi connectivity index (χ0n) is 47.3. The predicted molar refractivity (Wildman–Crippen MR) is 303 cm³/mol.